The summed E-state index contributed by atoms with van der Waals surface area (Å²) in [5.74, 6) is -2.35. The normalized spacial score (nSPS) is 15.0. The van der Waals surface area contributed by atoms with Gasteiger partial charge in [0.1, 0.15) is 12.1 Å². The summed E-state index contributed by atoms with van der Waals surface area (Å²) in [5.41, 5.74) is 1.87. The summed E-state index contributed by atoms with van der Waals surface area (Å²) in [6.45, 7) is 3.80. The molecule has 2 aromatic rings. The van der Waals surface area contributed by atoms with E-state index >= 15 is 0 Å². The van der Waals surface area contributed by atoms with Crippen LogP contribution >= 0.6 is 12.4 Å². The van der Waals surface area contributed by atoms with Crippen molar-refractivity contribution in [3.8, 4) is 0 Å². The first kappa shape index (κ1) is 35.8. The van der Waals surface area contributed by atoms with Crippen LogP contribution in [0, 0.1) is 0 Å². The standard InChI is InChI=1S/C33H45N3O6.ClH/c1-3-4-21-42-33(41)28(20-19-25-13-7-5-8-14-25)34-24(2)31(38)36(27-17-11-12-18-27)23-30(37)35-29(32(39)40)22-26-15-9-6-10-16-26;/h5-10,13-16,24,27-29,34H,3-4,11-12,17-23H2,1-2H3,(H,35,37)(H,39,40);1H/t24-,28?,29-;/m0./s1. The maximum atomic E-state index is 13.8. The first-order valence-corrected chi connectivity index (χ1v) is 15.1. The van der Waals surface area contributed by atoms with Crippen LogP contribution in [0.15, 0.2) is 60.7 Å². The second-order valence-electron chi connectivity index (χ2n) is 11.0. The molecule has 1 saturated carbocycles. The van der Waals surface area contributed by atoms with Gasteiger partial charge in [0.25, 0.3) is 0 Å². The fourth-order valence-corrected chi connectivity index (χ4v) is 5.31. The number of unbranched alkanes of at least 4 members (excludes halogenated alkanes) is 1. The van der Waals surface area contributed by atoms with E-state index in [9.17, 15) is 24.3 Å². The molecule has 2 aromatic carbocycles. The van der Waals surface area contributed by atoms with Crippen molar-refractivity contribution in [3.05, 3.63) is 71.8 Å². The number of carboxylic acid groups (broad SMARTS) is 1. The molecule has 0 heterocycles. The predicted octanol–water partition coefficient (Wildman–Crippen LogP) is 4.31. The molecule has 236 valence electrons. The maximum absolute atomic E-state index is 13.8. The van der Waals surface area contributed by atoms with E-state index in [0.717, 1.165) is 49.7 Å². The highest BCUT2D eigenvalue weighted by molar-refractivity contribution is 5.90. The lowest BCUT2D eigenvalue weighted by Crippen LogP contribution is -2.56. The smallest absolute Gasteiger partial charge is 0.326 e. The molecule has 10 heteroatoms. The fourth-order valence-electron chi connectivity index (χ4n) is 5.31. The van der Waals surface area contributed by atoms with Crippen molar-refractivity contribution >= 4 is 36.2 Å². The van der Waals surface area contributed by atoms with E-state index < -0.39 is 36.0 Å². The Balaban J connectivity index is 0.00000645. The summed E-state index contributed by atoms with van der Waals surface area (Å²) < 4.78 is 5.51. The molecular weight excluding hydrogens is 570 g/mol. The van der Waals surface area contributed by atoms with Crippen molar-refractivity contribution < 1.29 is 29.0 Å². The molecule has 1 aliphatic carbocycles. The first-order chi connectivity index (χ1) is 20.3. The molecule has 0 aromatic heterocycles. The summed E-state index contributed by atoms with van der Waals surface area (Å²) in [5, 5.41) is 15.5. The first-order valence-electron chi connectivity index (χ1n) is 15.1. The van der Waals surface area contributed by atoms with Crippen molar-refractivity contribution in [1.29, 1.82) is 0 Å². The molecular formula is C33H46ClN3O6. The lowest BCUT2D eigenvalue weighted by molar-refractivity contribution is -0.147. The van der Waals surface area contributed by atoms with Gasteiger partial charge in [-0.15, -0.1) is 12.4 Å². The van der Waals surface area contributed by atoms with Gasteiger partial charge in [0.05, 0.1) is 19.2 Å². The fraction of sp³-hybridized carbons (Fsp3) is 0.515. The number of rotatable bonds is 17. The lowest BCUT2D eigenvalue weighted by atomic mass is 10.0. The van der Waals surface area contributed by atoms with Gasteiger partial charge in [0, 0.05) is 12.5 Å². The van der Waals surface area contributed by atoms with Crippen LogP contribution in [-0.4, -0.2) is 71.1 Å². The largest absolute Gasteiger partial charge is 0.480 e. The summed E-state index contributed by atoms with van der Waals surface area (Å²) in [6, 6.07) is 16.2. The number of esters is 1. The number of amides is 2. The van der Waals surface area contributed by atoms with Gasteiger partial charge in [0.2, 0.25) is 11.8 Å². The Bertz CT molecular complexity index is 1140. The van der Waals surface area contributed by atoms with Crippen LogP contribution in [0.4, 0.5) is 0 Å². The van der Waals surface area contributed by atoms with Gasteiger partial charge in [-0.05, 0) is 50.2 Å². The van der Waals surface area contributed by atoms with Crippen LogP contribution in [0.2, 0.25) is 0 Å². The van der Waals surface area contributed by atoms with E-state index in [1.165, 1.54) is 0 Å². The van der Waals surface area contributed by atoms with Gasteiger partial charge in [-0.2, -0.15) is 0 Å². The molecule has 0 spiro atoms. The number of aryl methyl sites for hydroxylation is 1. The Kier molecular flexibility index (Phi) is 15.8. The van der Waals surface area contributed by atoms with Gasteiger partial charge in [-0.25, -0.2) is 4.79 Å². The number of ether oxygens (including phenoxy) is 1. The average Bonchev–Trinajstić information content (AvgIpc) is 3.53. The van der Waals surface area contributed by atoms with E-state index in [4.69, 9.17) is 4.74 Å². The highest BCUT2D eigenvalue weighted by Gasteiger charge is 2.34. The molecule has 0 aliphatic heterocycles. The molecule has 0 saturated heterocycles. The number of benzene rings is 2. The predicted molar refractivity (Wildman–Crippen MR) is 168 cm³/mol. The third kappa shape index (κ3) is 12.0. The highest BCUT2D eigenvalue weighted by atomic mass is 35.5. The second kappa shape index (κ2) is 19.0. The highest BCUT2D eigenvalue weighted by Crippen LogP contribution is 2.24. The van der Waals surface area contributed by atoms with Crippen LogP contribution in [0.1, 0.15) is 69.9 Å². The third-order valence-corrected chi connectivity index (χ3v) is 7.69. The molecule has 2 amide bonds. The molecule has 0 bridgehead atoms. The minimum atomic E-state index is -1.14. The molecule has 1 fully saturated rings. The zero-order valence-corrected chi connectivity index (χ0v) is 26.0. The SMILES string of the molecule is CCCCOC(=O)C(CCc1ccccc1)N[C@@H](C)C(=O)N(CC(=O)N[C@@H](Cc1ccccc1)C(=O)O)C1CCCC1.Cl. The number of halogens is 1. The molecule has 43 heavy (non-hydrogen) atoms. The van der Waals surface area contributed by atoms with Gasteiger partial charge < -0.3 is 20.1 Å². The topological polar surface area (TPSA) is 125 Å². The molecule has 1 unspecified atom stereocenters. The van der Waals surface area contributed by atoms with Crippen molar-refractivity contribution in [2.24, 2.45) is 0 Å². The summed E-state index contributed by atoms with van der Waals surface area (Å²) >= 11 is 0. The molecule has 9 nitrogen and oxygen atoms in total. The Morgan fingerprint density at radius 2 is 1.56 bits per heavy atom. The molecule has 0 radical (unpaired) electrons. The molecule has 3 rings (SSSR count). The molecule has 1 aliphatic rings. The third-order valence-electron chi connectivity index (χ3n) is 7.69. The average molecular weight is 616 g/mol. The minimum absolute atomic E-state index is 0. The van der Waals surface area contributed by atoms with Gasteiger partial charge in [-0.1, -0.05) is 86.8 Å². The number of carboxylic acids is 1. The van der Waals surface area contributed by atoms with Gasteiger partial charge in [0.15, 0.2) is 0 Å². The quantitative estimate of drug-likeness (QED) is 0.179. The summed E-state index contributed by atoms with van der Waals surface area (Å²) in [4.78, 5) is 53.4. The Hall–Kier alpha value is -3.43. The maximum Gasteiger partial charge on any atom is 0.326 e. The zero-order valence-electron chi connectivity index (χ0n) is 25.2. The van der Waals surface area contributed by atoms with Gasteiger partial charge in [-0.3, -0.25) is 19.7 Å². The number of hydrogen-bond donors (Lipinski definition) is 3. The second-order valence-corrected chi connectivity index (χ2v) is 11.0. The van der Waals surface area contributed by atoms with E-state index in [-0.39, 0.29) is 37.3 Å². The summed E-state index contributed by atoms with van der Waals surface area (Å²) in [7, 11) is 0. The number of hydrogen-bond acceptors (Lipinski definition) is 6. The van der Waals surface area contributed by atoms with Crippen molar-refractivity contribution in [3.63, 3.8) is 0 Å². The minimum Gasteiger partial charge on any atom is -0.480 e. The van der Waals surface area contributed by atoms with Crippen LogP contribution in [0.25, 0.3) is 0 Å². The Morgan fingerprint density at radius 1 is 0.953 bits per heavy atom. The van der Waals surface area contributed by atoms with E-state index in [1.54, 1.807) is 11.8 Å². The van der Waals surface area contributed by atoms with Crippen molar-refractivity contribution in [2.75, 3.05) is 13.2 Å². The van der Waals surface area contributed by atoms with Crippen LogP contribution in [-0.2, 0) is 36.8 Å². The number of carbonyl (C=O) groups excluding carboxylic acids is 3. The number of nitrogens with zero attached hydrogens (tertiary/aromatic N) is 1. The van der Waals surface area contributed by atoms with Gasteiger partial charge >= 0.3 is 11.9 Å². The van der Waals surface area contributed by atoms with E-state index in [2.05, 4.69) is 10.6 Å². The monoisotopic (exact) mass is 615 g/mol. The lowest BCUT2D eigenvalue weighted by Gasteiger charge is -2.32. The number of nitrogens with one attached hydrogen (secondary N) is 2. The zero-order chi connectivity index (χ0) is 30.3. The number of aliphatic carboxylic acids is 1. The Morgan fingerprint density at radius 3 is 2.14 bits per heavy atom. The number of carbonyl (C=O) groups is 4. The van der Waals surface area contributed by atoms with Crippen molar-refractivity contribution in [2.45, 2.75) is 95.8 Å². The van der Waals surface area contributed by atoms with Crippen LogP contribution in [0.3, 0.4) is 0 Å². The molecule has 3 N–H and O–H groups in total. The van der Waals surface area contributed by atoms with E-state index in [0.29, 0.717) is 19.4 Å². The van der Waals surface area contributed by atoms with Crippen molar-refractivity contribution in [1.82, 2.24) is 15.5 Å². The molecule has 3 atom stereocenters. The van der Waals surface area contributed by atoms with Crippen LogP contribution < -0.4 is 10.6 Å². The Labute approximate surface area is 261 Å². The van der Waals surface area contributed by atoms with Crippen LogP contribution in [0.5, 0.6) is 0 Å². The summed E-state index contributed by atoms with van der Waals surface area (Å²) in [6.07, 6.45) is 6.34. The van der Waals surface area contributed by atoms with E-state index in [1.807, 2.05) is 67.6 Å².